The highest BCUT2D eigenvalue weighted by Crippen LogP contribution is 2.19. The van der Waals surface area contributed by atoms with Gasteiger partial charge in [0, 0.05) is 25.9 Å². The Morgan fingerprint density at radius 1 is 1.00 bits per heavy atom. The van der Waals surface area contributed by atoms with Crippen molar-refractivity contribution in [2.24, 2.45) is 5.73 Å². The second-order valence-electron chi connectivity index (χ2n) is 8.02. The smallest absolute Gasteiger partial charge is 0.326 e. The molecule has 1 aliphatic rings. The average Bonchev–Trinajstić information content (AvgIpc) is 3.25. The molecule has 14 nitrogen and oxygen atoms in total. The first kappa shape index (κ1) is 28.8. The highest BCUT2D eigenvalue weighted by atomic mass is 16.4. The quantitative estimate of drug-likeness (QED) is 0.132. The summed E-state index contributed by atoms with van der Waals surface area (Å²) in [5, 5.41) is 34.6. The van der Waals surface area contributed by atoms with Gasteiger partial charge < -0.3 is 41.9 Å². The average molecular weight is 488 g/mol. The van der Waals surface area contributed by atoms with E-state index in [1.54, 1.807) is 0 Å². The van der Waals surface area contributed by atoms with Gasteiger partial charge in [0.2, 0.25) is 23.6 Å². The van der Waals surface area contributed by atoms with Gasteiger partial charge in [0.25, 0.3) is 0 Å². The maximum Gasteiger partial charge on any atom is 0.326 e. The second kappa shape index (κ2) is 14.1. The molecule has 0 spiro atoms. The molecule has 1 fully saturated rings. The van der Waals surface area contributed by atoms with E-state index in [2.05, 4.69) is 16.0 Å². The lowest BCUT2D eigenvalue weighted by Crippen LogP contribution is -2.56. The molecule has 1 saturated heterocycles. The number of aliphatic hydroxyl groups excluding tert-OH is 1. The summed E-state index contributed by atoms with van der Waals surface area (Å²) in [6.45, 7) is 0.871. The van der Waals surface area contributed by atoms with Crippen LogP contribution in [0.2, 0.25) is 0 Å². The van der Waals surface area contributed by atoms with Crippen LogP contribution in [0.25, 0.3) is 0 Å². The van der Waals surface area contributed by atoms with Crippen LogP contribution in [0.3, 0.4) is 0 Å². The topological polar surface area (TPSA) is 228 Å². The van der Waals surface area contributed by atoms with Crippen molar-refractivity contribution in [1.29, 1.82) is 0 Å². The van der Waals surface area contributed by atoms with Gasteiger partial charge in [-0.1, -0.05) is 0 Å². The molecule has 1 rings (SSSR count). The van der Waals surface area contributed by atoms with E-state index in [4.69, 9.17) is 10.8 Å². The molecule has 0 aromatic heterocycles. The van der Waals surface area contributed by atoms with Crippen molar-refractivity contribution in [1.82, 2.24) is 20.9 Å². The van der Waals surface area contributed by atoms with Crippen LogP contribution in [-0.4, -0.2) is 99.7 Å². The molecule has 34 heavy (non-hydrogen) atoms. The predicted molar refractivity (Wildman–Crippen MR) is 116 cm³/mol. The Morgan fingerprint density at radius 2 is 1.65 bits per heavy atom. The molecule has 192 valence electrons. The van der Waals surface area contributed by atoms with Gasteiger partial charge in [0.15, 0.2) is 0 Å². The van der Waals surface area contributed by atoms with Crippen LogP contribution in [0.15, 0.2) is 0 Å². The van der Waals surface area contributed by atoms with Crippen LogP contribution in [0.5, 0.6) is 0 Å². The maximum absolute atomic E-state index is 12.8. The summed E-state index contributed by atoms with van der Waals surface area (Å²) in [6, 6.07) is -4.67. The molecule has 0 radical (unpaired) electrons. The Balaban J connectivity index is 2.93. The third-order valence-electron chi connectivity index (χ3n) is 5.27. The summed E-state index contributed by atoms with van der Waals surface area (Å²) in [5.41, 5.74) is 5.52. The van der Waals surface area contributed by atoms with Crippen LogP contribution >= 0.6 is 0 Å². The van der Waals surface area contributed by atoms with Crippen molar-refractivity contribution in [3.8, 4) is 0 Å². The molecule has 1 aliphatic heterocycles. The Bertz CT molecular complexity index is 776. The zero-order valence-electron chi connectivity index (χ0n) is 19.0. The largest absolute Gasteiger partial charge is 0.481 e. The molecular weight excluding hydrogens is 454 g/mol. The summed E-state index contributed by atoms with van der Waals surface area (Å²) in [6.07, 6.45) is 0.530. The summed E-state index contributed by atoms with van der Waals surface area (Å²) >= 11 is 0. The maximum atomic E-state index is 12.8. The van der Waals surface area contributed by atoms with Gasteiger partial charge in [-0.15, -0.1) is 0 Å². The van der Waals surface area contributed by atoms with Crippen LogP contribution in [0.1, 0.15) is 45.4 Å². The predicted octanol–water partition coefficient (Wildman–Crippen LogP) is -2.87. The number of nitrogens with one attached hydrogen (secondary N) is 3. The van der Waals surface area contributed by atoms with Crippen LogP contribution in [0, 0.1) is 0 Å². The number of likely N-dealkylation sites (tertiary alicyclic amines) is 1. The summed E-state index contributed by atoms with van der Waals surface area (Å²) in [5.74, 6) is -5.45. The molecule has 1 heterocycles. The first-order chi connectivity index (χ1) is 16.0. The number of aliphatic hydroxyl groups is 1. The molecule has 0 unspecified atom stereocenters. The minimum absolute atomic E-state index is 0.228. The van der Waals surface area contributed by atoms with Crippen LogP contribution in [0.4, 0.5) is 0 Å². The zero-order valence-corrected chi connectivity index (χ0v) is 19.0. The van der Waals surface area contributed by atoms with Gasteiger partial charge in [-0.25, -0.2) is 4.79 Å². The van der Waals surface area contributed by atoms with Gasteiger partial charge in [0.1, 0.15) is 18.1 Å². The van der Waals surface area contributed by atoms with Crippen molar-refractivity contribution in [3.63, 3.8) is 0 Å². The number of carboxylic acid groups (broad SMARTS) is 2. The van der Waals surface area contributed by atoms with Crippen molar-refractivity contribution < 1.29 is 44.1 Å². The molecule has 4 amide bonds. The Hall–Kier alpha value is -3.26. The Morgan fingerprint density at radius 3 is 2.18 bits per heavy atom. The number of carbonyl (C=O) groups is 6. The molecule has 0 aromatic rings. The van der Waals surface area contributed by atoms with Gasteiger partial charge in [0.05, 0.1) is 13.0 Å². The number of nitrogens with zero attached hydrogens (tertiary/aromatic N) is 1. The van der Waals surface area contributed by atoms with E-state index in [1.165, 1.54) is 4.90 Å². The van der Waals surface area contributed by atoms with Crippen LogP contribution in [-0.2, 0) is 28.8 Å². The highest BCUT2D eigenvalue weighted by molar-refractivity contribution is 5.94. The number of rotatable bonds is 14. The fourth-order valence-corrected chi connectivity index (χ4v) is 3.64. The number of hydrogen-bond acceptors (Lipinski definition) is 8. The lowest BCUT2D eigenvalue weighted by atomic mass is 10.0. The normalized spacial score (nSPS) is 17.9. The molecule has 0 bridgehead atoms. The Labute approximate surface area is 196 Å². The van der Waals surface area contributed by atoms with Gasteiger partial charge >= 0.3 is 11.9 Å². The van der Waals surface area contributed by atoms with Gasteiger partial charge in [-0.05, 0) is 32.2 Å². The number of amides is 4. The van der Waals surface area contributed by atoms with E-state index >= 15 is 0 Å². The third kappa shape index (κ3) is 9.31. The van der Waals surface area contributed by atoms with E-state index in [0.717, 1.165) is 6.92 Å². The summed E-state index contributed by atoms with van der Waals surface area (Å²) in [4.78, 5) is 72.9. The lowest BCUT2D eigenvalue weighted by Gasteiger charge is -2.27. The van der Waals surface area contributed by atoms with Gasteiger partial charge in [-0.3, -0.25) is 24.0 Å². The molecule has 8 N–H and O–H groups in total. The van der Waals surface area contributed by atoms with E-state index < -0.39 is 72.8 Å². The monoisotopic (exact) mass is 487 g/mol. The summed E-state index contributed by atoms with van der Waals surface area (Å²) < 4.78 is 0. The molecule has 0 aliphatic carbocycles. The lowest BCUT2D eigenvalue weighted by molar-refractivity contribution is -0.148. The minimum atomic E-state index is -1.55. The molecule has 0 aromatic carbocycles. The first-order valence-electron chi connectivity index (χ1n) is 10.9. The minimum Gasteiger partial charge on any atom is -0.481 e. The molecular formula is C20H33N5O9. The van der Waals surface area contributed by atoms with Crippen molar-refractivity contribution in [3.05, 3.63) is 0 Å². The zero-order chi connectivity index (χ0) is 25.8. The standard InChI is InChI=1S/C20H33N5O9/c1-11(27)22-14(10-26)19(32)24-13(9-17(29)30)18(31)23-12(4-2-6-21)8-16(28)25-7-3-5-15(25)20(33)34/h12-15,26H,2-10,21H2,1H3,(H,22,27)(H,23,31)(H,24,32)(H,29,30)(H,33,34)/t12-,13-,14-,15-/m0/s1. The summed E-state index contributed by atoms with van der Waals surface area (Å²) in [7, 11) is 0. The number of carboxylic acids is 2. The number of carbonyl (C=O) groups excluding carboxylic acids is 4. The number of hydrogen-bond donors (Lipinski definition) is 7. The van der Waals surface area contributed by atoms with E-state index in [9.17, 15) is 39.0 Å². The SMILES string of the molecule is CC(=O)N[C@@H](CO)C(=O)N[C@@H](CC(=O)O)C(=O)N[C@@H](CCCN)CC(=O)N1CCC[C@H]1C(=O)O. The van der Waals surface area contributed by atoms with Gasteiger partial charge in [-0.2, -0.15) is 0 Å². The Kier molecular flexibility index (Phi) is 11.9. The number of aliphatic carboxylic acids is 2. The second-order valence-corrected chi connectivity index (χ2v) is 8.02. The fourth-order valence-electron chi connectivity index (χ4n) is 3.64. The number of nitrogens with two attached hydrogens (primary N) is 1. The van der Waals surface area contributed by atoms with Crippen molar-refractivity contribution in [2.75, 3.05) is 19.7 Å². The first-order valence-corrected chi connectivity index (χ1v) is 10.9. The molecule has 4 atom stereocenters. The van der Waals surface area contributed by atoms with Crippen molar-refractivity contribution in [2.45, 2.75) is 69.6 Å². The molecule has 0 saturated carbocycles. The van der Waals surface area contributed by atoms with E-state index in [0.29, 0.717) is 19.3 Å². The van der Waals surface area contributed by atoms with E-state index in [1.807, 2.05) is 0 Å². The fraction of sp³-hybridized carbons (Fsp3) is 0.700. The molecule has 14 heteroatoms. The van der Waals surface area contributed by atoms with Crippen molar-refractivity contribution >= 4 is 35.6 Å². The van der Waals surface area contributed by atoms with E-state index in [-0.39, 0.29) is 25.9 Å². The highest BCUT2D eigenvalue weighted by Gasteiger charge is 2.35. The van der Waals surface area contributed by atoms with Crippen LogP contribution < -0.4 is 21.7 Å². The third-order valence-corrected chi connectivity index (χ3v) is 5.27.